The van der Waals surface area contributed by atoms with Crippen molar-refractivity contribution in [1.29, 1.82) is 0 Å². The van der Waals surface area contributed by atoms with E-state index in [1.54, 1.807) is 7.11 Å². The Hall–Kier alpha value is -2.62. The lowest BCUT2D eigenvalue weighted by Gasteiger charge is -2.35. The van der Waals surface area contributed by atoms with Crippen LogP contribution in [0.15, 0.2) is 48.5 Å². The van der Waals surface area contributed by atoms with Crippen LogP contribution in [0.5, 0.6) is 5.75 Å². The Bertz CT molecular complexity index is 912. The van der Waals surface area contributed by atoms with Gasteiger partial charge in [0.2, 0.25) is 5.91 Å². The van der Waals surface area contributed by atoms with Gasteiger partial charge in [-0.25, -0.2) is 0 Å². The molecule has 0 radical (unpaired) electrons. The molecular formula is C26H34F3N3O3. The molecule has 35 heavy (non-hydrogen) atoms. The summed E-state index contributed by atoms with van der Waals surface area (Å²) in [4.78, 5) is 16.5. The molecule has 3 rings (SSSR count). The number of aliphatic hydroxyl groups is 1. The van der Waals surface area contributed by atoms with E-state index in [1.165, 1.54) is 17.7 Å². The first-order valence-electron chi connectivity index (χ1n) is 11.9. The SMILES string of the molecule is COc1ccc(CCC(O)CN2CCN(CC(=O)NCCc3ccc(C(F)(F)F)cc3)CC2)cc1. The number of piperazine rings is 1. The molecule has 1 aliphatic heterocycles. The molecule has 2 aromatic rings. The minimum Gasteiger partial charge on any atom is -0.497 e. The number of carbonyl (C=O) groups is 1. The fraction of sp³-hybridized carbons (Fsp3) is 0.500. The Morgan fingerprint density at radius 3 is 2.14 bits per heavy atom. The molecule has 1 fully saturated rings. The van der Waals surface area contributed by atoms with E-state index in [9.17, 15) is 23.1 Å². The second-order valence-electron chi connectivity index (χ2n) is 8.91. The molecule has 1 unspecified atom stereocenters. The highest BCUT2D eigenvalue weighted by Gasteiger charge is 2.29. The van der Waals surface area contributed by atoms with Gasteiger partial charge in [0.1, 0.15) is 5.75 Å². The monoisotopic (exact) mass is 493 g/mol. The minimum absolute atomic E-state index is 0.0927. The number of methoxy groups -OCH3 is 1. The lowest BCUT2D eigenvalue weighted by molar-refractivity contribution is -0.137. The summed E-state index contributed by atoms with van der Waals surface area (Å²) in [5.41, 5.74) is 1.24. The van der Waals surface area contributed by atoms with E-state index in [2.05, 4.69) is 15.1 Å². The minimum atomic E-state index is -4.34. The highest BCUT2D eigenvalue weighted by atomic mass is 19.4. The molecule has 1 aliphatic rings. The van der Waals surface area contributed by atoms with Crippen molar-refractivity contribution in [3.05, 3.63) is 65.2 Å². The summed E-state index contributed by atoms with van der Waals surface area (Å²) in [5.74, 6) is 0.727. The molecule has 1 heterocycles. The molecule has 0 spiro atoms. The fourth-order valence-electron chi connectivity index (χ4n) is 4.11. The number of benzene rings is 2. The maximum Gasteiger partial charge on any atom is 0.416 e. The first kappa shape index (κ1) is 27.0. The highest BCUT2D eigenvalue weighted by Crippen LogP contribution is 2.29. The van der Waals surface area contributed by atoms with Gasteiger partial charge in [-0.05, 0) is 54.7 Å². The van der Waals surface area contributed by atoms with Crippen LogP contribution in [0.3, 0.4) is 0 Å². The number of ether oxygens (including phenoxy) is 1. The molecule has 2 aromatic carbocycles. The van der Waals surface area contributed by atoms with Crippen molar-refractivity contribution >= 4 is 5.91 Å². The number of aliphatic hydroxyl groups excluding tert-OH is 1. The van der Waals surface area contributed by atoms with Crippen LogP contribution in [0.2, 0.25) is 0 Å². The van der Waals surface area contributed by atoms with Crippen molar-refractivity contribution in [1.82, 2.24) is 15.1 Å². The van der Waals surface area contributed by atoms with Crippen LogP contribution in [0.25, 0.3) is 0 Å². The average Bonchev–Trinajstić information content (AvgIpc) is 2.84. The van der Waals surface area contributed by atoms with Gasteiger partial charge >= 0.3 is 6.18 Å². The molecule has 2 N–H and O–H groups in total. The third kappa shape index (κ3) is 9.16. The van der Waals surface area contributed by atoms with Crippen LogP contribution in [-0.2, 0) is 23.8 Å². The molecule has 9 heteroatoms. The van der Waals surface area contributed by atoms with Gasteiger partial charge in [0, 0.05) is 39.3 Å². The number of aryl methyl sites for hydroxylation is 1. The summed E-state index contributed by atoms with van der Waals surface area (Å²) in [7, 11) is 1.64. The van der Waals surface area contributed by atoms with Crippen molar-refractivity contribution < 1.29 is 27.8 Å². The van der Waals surface area contributed by atoms with Crippen molar-refractivity contribution in [3.8, 4) is 5.75 Å². The fourth-order valence-corrected chi connectivity index (χ4v) is 4.11. The molecule has 0 aromatic heterocycles. The molecular weight excluding hydrogens is 459 g/mol. The summed E-state index contributed by atoms with van der Waals surface area (Å²) in [6, 6.07) is 12.9. The van der Waals surface area contributed by atoms with E-state index >= 15 is 0 Å². The number of rotatable bonds is 11. The Balaban J connectivity index is 1.28. The van der Waals surface area contributed by atoms with E-state index in [0.717, 1.165) is 56.0 Å². The number of hydrogen-bond donors (Lipinski definition) is 2. The van der Waals surface area contributed by atoms with Crippen molar-refractivity contribution in [3.63, 3.8) is 0 Å². The van der Waals surface area contributed by atoms with Crippen LogP contribution >= 0.6 is 0 Å². The van der Waals surface area contributed by atoms with E-state index in [4.69, 9.17) is 4.74 Å². The largest absolute Gasteiger partial charge is 0.497 e. The van der Waals surface area contributed by atoms with Crippen LogP contribution in [-0.4, -0.2) is 79.8 Å². The van der Waals surface area contributed by atoms with E-state index in [-0.39, 0.29) is 5.91 Å². The molecule has 0 aliphatic carbocycles. The molecule has 6 nitrogen and oxygen atoms in total. The van der Waals surface area contributed by atoms with E-state index in [0.29, 0.717) is 32.5 Å². The molecule has 1 saturated heterocycles. The van der Waals surface area contributed by atoms with Crippen LogP contribution in [0.4, 0.5) is 13.2 Å². The molecule has 0 saturated carbocycles. The van der Waals surface area contributed by atoms with Gasteiger partial charge in [-0.2, -0.15) is 13.2 Å². The van der Waals surface area contributed by atoms with Gasteiger partial charge in [-0.3, -0.25) is 14.6 Å². The third-order valence-corrected chi connectivity index (χ3v) is 6.24. The summed E-state index contributed by atoms with van der Waals surface area (Å²) < 4.78 is 43.0. The predicted molar refractivity (Wildman–Crippen MR) is 128 cm³/mol. The zero-order valence-corrected chi connectivity index (χ0v) is 20.1. The number of nitrogens with one attached hydrogen (secondary N) is 1. The number of hydrogen-bond acceptors (Lipinski definition) is 5. The maximum absolute atomic E-state index is 12.6. The molecule has 0 bridgehead atoms. The Morgan fingerprint density at radius 1 is 0.971 bits per heavy atom. The average molecular weight is 494 g/mol. The first-order valence-corrected chi connectivity index (χ1v) is 11.9. The smallest absolute Gasteiger partial charge is 0.416 e. The second kappa shape index (κ2) is 12.9. The van der Waals surface area contributed by atoms with E-state index in [1.807, 2.05) is 24.3 Å². The Morgan fingerprint density at radius 2 is 1.54 bits per heavy atom. The van der Waals surface area contributed by atoms with Gasteiger partial charge in [0.05, 0.1) is 25.3 Å². The normalized spacial score (nSPS) is 16.1. The zero-order valence-electron chi connectivity index (χ0n) is 20.1. The van der Waals surface area contributed by atoms with Crippen LogP contribution < -0.4 is 10.1 Å². The quantitative estimate of drug-likeness (QED) is 0.504. The van der Waals surface area contributed by atoms with Crippen molar-refractivity contribution in [2.24, 2.45) is 0 Å². The van der Waals surface area contributed by atoms with Crippen LogP contribution in [0.1, 0.15) is 23.1 Å². The molecule has 192 valence electrons. The lowest BCUT2D eigenvalue weighted by Crippen LogP contribution is -2.51. The number of amides is 1. The van der Waals surface area contributed by atoms with E-state index < -0.39 is 17.8 Å². The first-order chi connectivity index (χ1) is 16.7. The maximum atomic E-state index is 12.6. The second-order valence-corrected chi connectivity index (χ2v) is 8.91. The molecule has 1 amide bonds. The van der Waals surface area contributed by atoms with Gasteiger partial charge < -0.3 is 15.2 Å². The van der Waals surface area contributed by atoms with Crippen molar-refractivity contribution in [2.45, 2.75) is 31.5 Å². The number of halogens is 3. The Labute approximate surface area is 204 Å². The number of carbonyl (C=O) groups excluding carboxylic acids is 1. The molecule has 1 atom stereocenters. The zero-order chi connectivity index (χ0) is 25.3. The highest BCUT2D eigenvalue weighted by molar-refractivity contribution is 5.78. The third-order valence-electron chi connectivity index (χ3n) is 6.24. The summed E-state index contributed by atoms with van der Waals surface area (Å²) in [6.07, 6.45) is -2.78. The Kier molecular flexibility index (Phi) is 9.94. The lowest BCUT2D eigenvalue weighted by atomic mass is 10.1. The topological polar surface area (TPSA) is 65.0 Å². The van der Waals surface area contributed by atoms with Gasteiger partial charge in [-0.15, -0.1) is 0 Å². The van der Waals surface area contributed by atoms with Gasteiger partial charge in [0.15, 0.2) is 0 Å². The predicted octanol–water partition coefficient (Wildman–Crippen LogP) is 2.98. The number of alkyl halides is 3. The van der Waals surface area contributed by atoms with Crippen molar-refractivity contribution in [2.75, 3.05) is 52.9 Å². The number of β-amino-alcohol motifs (C(OH)–C–C–N with tert-alkyl or cyclic N) is 1. The number of nitrogens with zero attached hydrogens (tertiary/aromatic N) is 2. The van der Waals surface area contributed by atoms with Gasteiger partial charge in [0.25, 0.3) is 0 Å². The summed E-state index contributed by atoms with van der Waals surface area (Å²) in [6.45, 7) is 4.36. The summed E-state index contributed by atoms with van der Waals surface area (Å²) >= 11 is 0. The summed E-state index contributed by atoms with van der Waals surface area (Å²) in [5, 5.41) is 13.3. The van der Waals surface area contributed by atoms with Crippen LogP contribution in [0, 0.1) is 0 Å². The van der Waals surface area contributed by atoms with Gasteiger partial charge in [-0.1, -0.05) is 24.3 Å². The standard InChI is InChI=1S/C26H34F3N3O3/c1-35-24-10-5-20(6-11-24)4-9-23(33)18-31-14-16-32(17-15-31)19-25(34)30-13-12-21-2-7-22(8-3-21)26(27,28)29/h2-3,5-8,10-11,23,33H,4,9,12-19H2,1H3,(H,30,34).